The van der Waals surface area contributed by atoms with Gasteiger partial charge in [0.25, 0.3) is 0 Å². The third kappa shape index (κ3) is 4.87. The molecule has 1 aliphatic rings. The highest BCUT2D eigenvalue weighted by Crippen LogP contribution is 2.57. The predicted molar refractivity (Wildman–Crippen MR) is 222 cm³/mol. The van der Waals surface area contributed by atoms with Gasteiger partial charge in [0.05, 0.1) is 17.1 Å². The van der Waals surface area contributed by atoms with Crippen LogP contribution in [0.4, 0.5) is 17.1 Å². The Kier molecular flexibility index (Phi) is 7.19. The smallest absolute Gasteiger partial charge is 0.159 e. The Hall–Kier alpha value is -6.64. The second kappa shape index (κ2) is 12.3. The van der Waals surface area contributed by atoms with Gasteiger partial charge in [-0.05, 0) is 74.3 Å². The lowest BCUT2D eigenvalue weighted by atomic mass is 9.81. The molecule has 1 heterocycles. The highest BCUT2D eigenvalue weighted by Gasteiger charge is 2.39. The summed E-state index contributed by atoms with van der Waals surface area (Å²) in [5.74, 6) is 0. The van der Waals surface area contributed by atoms with Gasteiger partial charge in [-0.1, -0.05) is 178 Å². The summed E-state index contributed by atoms with van der Waals surface area (Å²) in [6.07, 6.45) is 0. The molecule has 0 aliphatic heterocycles. The molecule has 0 amide bonds. The summed E-state index contributed by atoms with van der Waals surface area (Å²) in [7, 11) is 0. The molecule has 8 aromatic carbocycles. The molecule has 0 saturated carbocycles. The Bertz CT molecular complexity index is 2810. The standard InChI is InChI=1S/C51H37NO/c1-51(2)43-29-13-11-23-38(43)41-27-16-31-45(49(41)51)52(46-32-17-28-42-39-24-12-14-33-47(39)53-50(42)46)44-30-15-26-37(35-20-7-4-8-21-35)48(44)40-25-10-9-22-36(40)34-18-5-3-6-19-34/h3-33H,1-2H3. The first-order valence-electron chi connectivity index (χ1n) is 18.4. The molecular formula is C51H37NO. The molecular weight excluding hydrogens is 643 g/mol. The van der Waals surface area contributed by atoms with E-state index in [-0.39, 0.29) is 5.41 Å². The van der Waals surface area contributed by atoms with Crippen LogP contribution in [0, 0.1) is 0 Å². The van der Waals surface area contributed by atoms with Gasteiger partial charge in [0.2, 0.25) is 0 Å². The monoisotopic (exact) mass is 679 g/mol. The minimum absolute atomic E-state index is 0.248. The highest BCUT2D eigenvalue weighted by atomic mass is 16.3. The van der Waals surface area contributed by atoms with E-state index in [2.05, 4.69) is 201 Å². The maximum atomic E-state index is 6.85. The molecule has 252 valence electrons. The van der Waals surface area contributed by atoms with E-state index in [4.69, 9.17) is 4.42 Å². The minimum Gasteiger partial charge on any atom is -0.454 e. The Labute approximate surface area is 310 Å². The van der Waals surface area contributed by atoms with Gasteiger partial charge in [0, 0.05) is 21.8 Å². The summed E-state index contributed by atoms with van der Waals surface area (Å²) >= 11 is 0. The Morgan fingerprint density at radius 2 is 0.925 bits per heavy atom. The van der Waals surface area contributed by atoms with Gasteiger partial charge < -0.3 is 9.32 Å². The van der Waals surface area contributed by atoms with Gasteiger partial charge in [0.1, 0.15) is 5.58 Å². The summed E-state index contributed by atoms with van der Waals surface area (Å²) in [5.41, 5.74) is 17.0. The van der Waals surface area contributed by atoms with E-state index in [0.29, 0.717) is 0 Å². The molecule has 2 nitrogen and oxygen atoms in total. The molecule has 9 aromatic rings. The van der Waals surface area contributed by atoms with E-state index < -0.39 is 0 Å². The second-order valence-electron chi connectivity index (χ2n) is 14.4. The number of benzene rings is 8. The van der Waals surface area contributed by atoms with Gasteiger partial charge in [-0.15, -0.1) is 0 Å². The first-order valence-corrected chi connectivity index (χ1v) is 18.4. The van der Waals surface area contributed by atoms with Crippen LogP contribution in [0.3, 0.4) is 0 Å². The summed E-state index contributed by atoms with van der Waals surface area (Å²) in [6.45, 7) is 4.74. The van der Waals surface area contributed by atoms with Crippen LogP contribution in [0.1, 0.15) is 25.0 Å². The fourth-order valence-corrected chi connectivity index (χ4v) is 8.74. The molecule has 10 rings (SSSR count). The zero-order valence-electron chi connectivity index (χ0n) is 29.8. The number of furan rings is 1. The molecule has 0 saturated heterocycles. The van der Waals surface area contributed by atoms with Gasteiger partial charge in [-0.2, -0.15) is 0 Å². The van der Waals surface area contributed by atoms with E-state index in [9.17, 15) is 0 Å². The lowest BCUT2D eigenvalue weighted by Crippen LogP contribution is -2.21. The Morgan fingerprint density at radius 1 is 0.396 bits per heavy atom. The largest absolute Gasteiger partial charge is 0.454 e. The number of hydrogen-bond donors (Lipinski definition) is 0. The third-order valence-corrected chi connectivity index (χ3v) is 11.1. The molecule has 0 fully saturated rings. The molecule has 0 atom stereocenters. The molecule has 1 aliphatic carbocycles. The van der Waals surface area contributed by atoms with Crippen molar-refractivity contribution in [2.45, 2.75) is 19.3 Å². The second-order valence-corrected chi connectivity index (χ2v) is 14.4. The highest BCUT2D eigenvalue weighted by molar-refractivity contribution is 6.12. The fraction of sp³-hybridized carbons (Fsp3) is 0.0588. The average molecular weight is 680 g/mol. The van der Waals surface area contributed by atoms with Crippen molar-refractivity contribution in [2.24, 2.45) is 0 Å². The maximum absolute atomic E-state index is 6.85. The quantitative estimate of drug-likeness (QED) is 0.174. The lowest BCUT2D eigenvalue weighted by Gasteiger charge is -2.34. The zero-order valence-corrected chi connectivity index (χ0v) is 29.8. The number of nitrogens with zero attached hydrogens (tertiary/aromatic N) is 1. The van der Waals surface area contributed by atoms with Crippen molar-refractivity contribution in [3.8, 4) is 44.5 Å². The molecule has 53 heavy (non-hydrogen) atoms. The van der Waals surface area contributed by atoms with Crippen LogP contribution in [-0.4, -0.2) is 0 Å². The van der Waals surface area contributed by atoms with Crippen molar-refractivity contribution in [1.29, 1.82) is 0 Å². The van der Waals surface area contributed by atoms with Crippen LogP contribution >= 0.6 is 0 Å². The molecule has 2 heteroatoms. The first kappa shape index (κ1) is 31.1. The summed E-state index contributed by atoms with van der Waals surface area (Å²) < 4.78 is 6.85. The van der Waals surface area contributed by atoms with Crippen LogP contribution in [0.25, 0.3) is 66.4 Å². The summed E-state index contributed by atoms with van der Waals surface area (Å²) in [5, 5.41) is 2.21. The minimum atomic E-state index is -0.248. The predicted octanol–water partition coefficient (Wildman–Crippen LogP) is 14.4. The summed E-state index contributed by atoms with van der Waals surface area (Å²) in [4.78, 5) is 2.49. The van der Waals surface area contributed by atoms with E-state index in [1.165, 1.54) is 50.1 Å². The van der Waals surface area contributed by atoms with Crippen molar-refractivity contribution in [1.82, 2.24) is 0 Å². The number of hydrogen-bond acceptors (Lipinski definition) is 2. The van der Waals surface area contributed by atoms with E-state index in [1.807, 2.05) is 6.07 Å². The Balaban J connectivity index is 1.35. The molecule has 0 N–H and O–H groups in total. The molecule has 0 radical (unpaired) electrons. The van der Waals surface area contributed by atoms with Crippen LogP contribution in [0.2, 0.25) is 0 Å². The van der Waals surface area contributed by atoms with Crippen molar-refractivity contribution in [3.05, 3.63) is 199 Å². The van der Waals surface area contributed by atoms with Gasteiger partial charge in [-0.25, -0.2) is 0 Å². The van der Waals surface area contributed by atoms with Gasteiger partial charge >= 0.3 is 0 Å². The van der Waals surface area contributed by atoms with Crippen molar-refractivity contribution >= 4 is 39.0 Å². The third-order valence-electron chi connectivity index (χ3n) is 11.1. The first-order chi connectivity index (χ1) is 26.1. The topological polar surface area (TPSA) is 16.4 Å². The molecule has 0 bridgehead atoms. The van der Waals surface area contributed by atoms with Crippen molar-refractivity contribution < 1.29 is 4.42 Å². The lowest BCUT2D eigenvalue weighted by molar-refractivity contribution is 0.659. The summed E-state index contributed by atoms with van der Waals surface area (Å²) in [6, 6.07) is 67.8. The van der Waals surface area contributed by atoms with Gasteiger partial charge in [0.15, 0.2) is 5.58 Å². The Morgan fingerprint density at radius 3 is 1.70 bits per heavy atom. The van der Waals surface area contributed by atoms with E-state index in [0.717, 1.165) is 44.6 Å². The number of fused-ring (bicyclic) bond motifs is 6. The average Bonchev–Trinajstić information content (AvgIpc) is 3.72. The molecule has 0 unspecified atom stereocenters. The zero-order chi connectivity index (χ0) is 35.5. The normalized spacial score (nSPS) is 12.9. The van der Waals surface area contributed by atoms with Crippen LogP contribution in [0.5, 0.6) is 0 Å². The van der Waals surface area contributed by atoms with E-state index >= 15 is 0 Å². The number of anilines is 3. The maximum Gasteiger partial charge on any atom is 0.159 e. The van der Waals surface area contributed by atoms with Crippen LogP contribution < -0.4 is 4.90 Å². The van der Waals surface area contributed by atoms with E-state index in [1.54, 1.807) is 0 Å². The number of rotatable bonds is 6. The molecule has 1 aromatic heterocycles. The SMILES string of the molecule is CC1(C)c2ccccc2-c2cccc(N(c3cccc(-c4ccccc4)c3-c3ccccc3-c3ccccc3)c3cccc4c3oc3ccccc34)c21. The molecule has 0 spiro atoms. The van der Waals surface area contributed by atoms with Crippen LogP contribution in [0.15, 0.2) is 192 Å². The van der Waals surface area contributed by atoms with Gasteiger partial charge in [-0.3, -0.25) is 0 Å². The van der Waals surface area contributed by atoms with Crippen molar-refractivity contribution in [2.75, 3.05) is 4.90 Å². The van der Waals surface area contributed by atoms with Crippen molar-refractivity contribution in [3.63, 3.8) is 0 Å². The number of para-hydroxylation sites is 2. The van der Waals surface area contributed by atoms with Crippen LogP contribution in [-0.2, 0) is 5.41 Å². The fourth-order valence-electron chi connectivity index (χ4n) is 8.74.